The van der Waals surface area contributed by atoms with Crippen LogP contribution in [0.1, 0.15) is 25.3 Å². The third-order valence-electron chi connectivity index (χ3n) is 3.70. The summed E-state index contributed by atoms with van der Waals surface area (Å²) in [6.45, 7) is 5.76. The highest BCUT2D eigenvalue weighted by Gasteiger charge is 2.30. The quantitative estimate of drug-likeness (QED) is 0.722. The Bertz CT molecular complexity index is 735. The zero-order valence-corrected chi connectivity index (χ0v) is 15.4. The predicted molar refractivity (Wildman–Crippen MR) is 100.0 cm³/mol. The first-order valence-corrected chi connectivity index (χ1v) is 9.69. The van der Waals surface area contributed by atoms with Crippen molar-refractivity contribution in [2.75, 3.05) is 19.7 Å². The third kappa shape index (κ3) is 3.68. The van der Waals surface area contributed by atoms with Crippen molar-refractivity contribution < 1.29 is 9.84 Å². The van der Waals surface area contributed by atoms with Crippen molar-refractivity contribution in [3.8, 4) is 10.6 Å². The van der Waals surface area contributed by atoms with Gasteiger partial charge in [-0.25, -0.2) is 4.98 Å². The van der Waals surface area contributed by atoms with Crippen LogP contribution in [0.25, 0.3) is 16.1 Å². The molecule has 7 heteroatoms. The maximum Gasteiger partial charge on any atom is 0.135 e. The van der Waals surface area contributed by atoms with Crippen LogP contribution in [0.2, 0.25) is 0 Å². The normalized spacial score (nSPS) is 15.1. The van der Waals surface area contributed by atoms with Gasteiger partial charge < -0.3 is 14.7 Å². The van der Waals surface area contributed by atoms with Crippen molar-refractivity contribution in [2.24, 2.45) is 0 Å². The summed E-state index contributed by atoms with van der Waals surface area (Å²) in [6.07, 6.45) is 1.05. The molecule has 0 aromatic carbocycles. The monoisotopic (exact) mass is 363 g/mol. The van der Waals surface area contributed by atoms with Crippen LogP contribution in [0.15, 0.2) is 28.7 Å². The molecule has 3 rings (SSSR count). The van der Waals surface area contributed by atoms with Gasteiger partial charge in [0.15, 0.2) is 0 Å². The fraction of sp³-hybridized carbons (Fsp3) is 0.412. The van der Waals surface area contributed by atoms with Crippen LogP contribution in [0.3, 0.4) is 0 Å². The Hall–Kier alpha value is -1.70. The fourth-order valence-corrected chi connectivity index (χ4v) is 4.20. The highest BCUT2D eigenvalue weighted by molar-refractivity contribution is 7.14. The molecule has 0 saturated carbocycles. The minimum absolute atomic E-state index is 0.219. The lowest BCUT2D eigenvalue weighted by Crippen LogP contribution is -2.28. The van der Waals surface area contributed by atoms with E-state index < -0.39 is 0 Å². The van der Waals surface area contributed by atoms with Crippen molar-refractivity contribution in [2.45, 2.75) is 26.4 Å². The van der Waals surface area contributed by atoms with Gasteiger partial charge in [0, 0.05) is 18.5 Å². The van der Waals surface area contributed by atoms with Gasteiger partial charge in [0.2, 0.25) is 0 Å². The van der Waals surface area contributed by atoms with Gasteiger partial charge in [0.25, 0.3) is 0 Å². The summed E-state index contributed by atoms with van der Waals surface area (Å²) in [5.41, 5.74) is 1.47. The van der Waals surface area contributed by atoms with Crippen molar-refractivity contribution in [3.63, 3.8) is 0 Å². The lowest BCUT2D eigenvalue weighted by atomic mass is 10.2. The number of thiazole rings is 1. The van der Waals surface area contributed by atoms with Gasteiger partial charge in [-0.1, -0.05) is 6.07 Å². The van der Waals surface area contributed by atoms with E-state index in [0.717, 1.165) is 17.0 Å². The van der Waals surface area contributed by atoms with Crippen LogP contribution in [0.4, 0.5) is 0 Å². The maximum absolute atomic E-state index is 10.3. The number of thiophene rings is 1. The number of hydrogen-bond acceptors (Lipinski definition) is 6. The van der Waals surface area contributed by atoms with E-state index in [2.05, 4.69) is 4.98 Å². The van der Waals surface area contributed by atoms with Crippen molar-refractivity contribution in [3.05, 3.63) is 33.7 Å². The summed E-state index contributed by atoms with van der Waals surface area (Å²) in [5.74, 6) is 0.584. The Morgan fingerprint density at radius 3 is 2.96 bits per heavy atom. The molecule has 2 aromatic heterocycles. The van der Waals surface area contributed by atoms with Gasteiger partial charge in [-0.3, -0.25) is 5.41 Å². The smallest absolute Gasteiger partial charge is 0.135 e. The van der Waals surface area contributed by atoms with E-state index in [9.17, 15) is 5.11 Å². The average Bonchev–Trinajstić information content (AvgIpc) is 3.24. The Morgan fingerprint density at radius 1 is 1.42 bits per heavy atom. The molecule has 0 aliphatic carbocycles. The van der Waals surface area contributed by atoms with E-state index >= 15 is 0 Å². The molecule has 2 N–H and O–H groups in total. The van der Waals surface area contributed by atoms with Gasteiger partial charge in [0.1, 0.15) is 16.6 Å². The van der Waals surface area contributed by atoms with Crippen LogP contribution in [-0.2, 0) is 4.74 Å². The number of nitrogens with one attached hydrogen (secondary N) is 1. The van der Waals surface area contributed by atoms with Crippen molar-refractivity contribution in [1.29, 1.82) is 5.41 Å². The van der Waals surface area contributed by atoms with E-state index in [1.807, 2.05) is 41.6 Å². The second kappa shape index (κ2) is 7.46. The molecule has 0 fully saturated rings. The van der Waals surface area contributed by atoms with Gasteiger partial charge >= 0.3 is 0 Å². The summed E-state index contributed by atoms with van der Waals surface area (Å²) in [4.78, 5) is 7.59. The molecule has 5 nitrogen and oxygen atoms in total. The van der Waals surface area contributed by atoms with E-state index in [0.29, 0.717) is 36.1 Å². The standard InChI is InChI=1S/C17H21N3O2S2/c1-11(2)22-7-4-6-20-9-13(21)15(16(20)18)17-19-12(10-24-17)14-5-3-8-23-14/h3,5,8,10-11,18,21H,4,6-7,9H2,1-2H3. The van der Waals surface area contributed by atoms with Crippen molar-refractivity contribution in [1.82, 2.24) is 9.88 Å². The number of amidine groups is 1. The minimum Gasteiger partial charge on any atom is -0.510 e. The van der Waals surface area contributed by atoms with Crippen LogP contribution in [0, 0.1) is 5.41 Å². The molecule has 0 bridgehead atoms. The second-order valence-electron chi connectivity index (χ2n) is 5.88. The lowest BCUT2D eigenvalue weighted by Gasteiger charge is -2.18. The van der Waals surface area contributed by atoms with Crippen molar-refractivity contribution >= 4 is 34.1 Å². The molecule has 0 unspecified atom stereocenters. The van der Waals surface area contributed by atoms with E-state index in [4.69, 9.17) is 10.1 Å². The van der Waals surface area contributed by atoms with Gasteiger partial charge in [0.05, 0.1) is 28.8 Å². The Balaban J connectivity index is 1.66. The molecule has 0 saturated heterocycles. The molecule has 128 valence electrons. The first kappa shape index (κ1) is 17.1. The van der Waals surface area contributed by atoms with Crippen LogP contribution < -0.4 is 0 Å². The number of nitrogens with zero attached hydrogens (tertiary/aromatic N) is 2. The number of hydrogen-bond donors (Lipinski definition) is 2. The summed E-state index contributed by atoms with van der Waals surface area (Å²) >= 11 is 3.11. The summed E-state index contributed by atoms with van der Waals surface area (Å²) in [7, 11) is 0. The van der Waals surface area contributed by atoms with Gasteiger partial charge in [-0.15, -0.1) is 22.7 Å². The Kier molecular flexibility index (Phi) is 5.33. The first-order valence-electron chi connectivity index (χ1n) is 7.93. The van der Waals surface area contributed by atoms with Crippen LogP contribution >= 0.6 is 22.7 Å². The summed E-state index contributed by atoms with van der Waals surface area (Å²) in [6, 6.07) is 4.02. The maximum atomic E-state index is 10.3. The van der Waals surface area contributed by atoms with Crippen LogP contribution in [0.5, 0.6) is 0 Å². The van der Waals surface area contributed by atoms with Gasteiger partial charge in [-0.05, 0) is 31.7 Å². The first-order chi connectivity index (χ1) is 11.6. The van der Waals surface area contributed by atoms with Crippen LogP contribution in [-0.4, -0.2) is 46.6 Å². The molecule has 3 heterocycles. The Labute approximate surface area is 149 Å². The second-order valence-corrected chi connectivity index (χ2v) is 7.69. The van der Waals surface area contributed by atoms with Gasteiger partial charge in [-0.2, -0.15) is 0 Å². The molecular formula is C17H21N3O2S2. The number of ether oxygens (including phenoxy) is 1. The zero-order chi connectivity index (χ0) is 17.1. The number of rotatable bonds is 7. The topological polar surface area (TPSA) is 69.4 Å². The number of aliphatic hydroxyl groups is 1. The number of aromatic nitrogens is 1. The zero-order valence-electron chi connectivity index (χ0n) is 13.8. The predicted octanol–water partition coefficient (Wildman–Crippen LogP) is 4.25. The van der Waals surface area contributed by atoms with E-state index in [-0.39, 0.29) is 11.9 Å². The molecular weight excluding hydrogens is 342 g/mol. The molecule has 0 radical (unpaired) electrons. The molecule has 0 atom stereocenters. The largest absolute Gasteiger partial charge is 0.510 e. The SMILES string of the molecule is CC(C)OCCCN1CC(O)=C(c2nc(-c3cccs3)cs2)C1=N. The summed E-state index contributed by atoms with van der Waals surface area (Å²) in [5, 5.41) is 23.4. The highest BCUT2D eigenvalue weighted by atomic mass is 32.1. The molecule has 1 aliphatic heterocycles. The fourth-order valence-electron chi connectivity index (χ4n) is 2.55. The molecule has 1 aliphatic rings. The Morgan fingerprint density at radius 2 is 2.25 bits per heavy atom. The van der Waals surface area contributed by atoms with E-state index in [1.54, 1.807) is 11.3 Å². The third-order valence-corrected chi connectivity index (χ3v) is 5.45. The van der Waals surface area contributed by atoms with E-state index in [1.165, 1.54) is 11.3 Å². The molecule has 0 amide bonds. The molecule has 24 heavy (non-hydrogen) atoms. The molecule has 2 aromatic rings. The highest BCUT2D eigenvalue weighted by Crippen LogP contribution is 2.33. The number of aliphatic hydroxyl groups excluding tert-OH is 1. The average molecular weight is 364 g/mol. The lowest BCUT2D eigenvalue weighted by molar-refractivity contribution is 0.0742. The summed E-state index contributed by atoms with van der Waals surface area (Å²) < 4.78 is 5.54. The minimum atomic E-state index is 0.219. The molecule has 0 spiro atoms.